The second-order valence-corrected chi connectivity index (χ2v) is 8.32. The van der Waals surface area contributed by atoms with Gasteiger partial charge in [0.15, 0.2) is 5.82 Å². The van der Waals surface area contributed by atoms with E-state index in [2.05, 4.69) is 10.1 Å². The number of carbonyl (C=O) groups is 1. The lowest BCUT2D eigenvalue weighted by Crippen LogP contribution is -2.49. The van der Waals surface area contributed by atoms with Gasteiger partial charge < -0.3 is 15.2 Å². The van der Waals surface area contributed by atoms with Crippen LogP contribution < -0.4 is 5.73 Å². The lowest BCUT2D eigenvalue weighted by Gasteiger charge is -2.36. The van der Waals surface area contributed by atoms with E-state index >= 15 is 0 Å². The molecule has 5 rings (SSSR count). The van der Waals surface area contributed by atoms with Gasteiger partial charge in [-0.3, -0.25) is 4.79 Å². The summed E-state index contributed by atoms with van der Waals surface area (Å²) < 4.78 is 5.41. The highest BCUT2D eigenvalue weighted by Gasteiger charge is 2.50. The summed E-state index contributed by atoms with van der Waals surface area (Å²) in [6.45, 7) is 1.58. The minimum absolute atomic E-state index is 0.0507. The van der Waals surface area contributed by atoms with Crippen molar-refractivity contribution in [2.75, 3.05) is 13.1 Å². The molecular formula is C18H26N4O2. The van der Waals surface area contributed by atoms with E-state index in [4.69, 9.17) is 10.3 Å². The van der Waals surface area contributed by atoms with Crippen molar-refractivity contribution >= 4 is 5.91 Å². The Balaban J connectivity index is 1.29. The molecule has 1 aromatic rings. The molecule has 130 valence electrons. The van der Waals surface area contributed by atoms with Crippen LogP contribution in [0.2, 0.25) is 0 Å². The number of hydrogen-bond donors (Lipinski definition) is 1. The van der Waals surface area contributed by atoms with E-state index in [1.165, 1.54) is 25.7 Å². The molecule has 4 aliphatic rings. The molecular weight excluding hydrogens is 304 g/mol. The van der Waals surface area contributed by atoms with Crippen molar-refractivity contribution in [1.29, 1.82) is 0 Å². The van der Waals surface area contributed by atoms with Crippen LogP contribution in [-0.2, 0) is 4.79 Å². The maximum atomic E-state index is 13.1. The Morgan fingerprint density at radius 3 is 2.71 bits per heavy atom. The highest BCUT2D eigenvalue weighted by Crippen LogP contribution is 2.48. The fourth-order valence-corrected chi connectivity index (χ4v) is 5.21. The minimum atomic E-state index is 0.0507. The maximum absolute atomic E-state index is 13.1. The lowest BCUT2D eigenvalue weighted by atomic mass is 9.83. The molecule has 2 bridgehead atoms. The number of aromatic nitrogens is 2. The van der Waals surface area contributed by atoms with Gasteiger partial charge >= 0.3 is 0 Å². The lowest BCUT2D eigenvalue weighted by molar-refractivity contribution is -0.139. The standard InChI is InChI=1S/C18H26N4O2/c19-15-12-6-5-11(8-12)14(15)18(23)22-7-1-2-13(9-22)16-20-17(24-21-16)10-3-4-10/h10-15H,1-9,19H2. The van der Waals surface area contributed by atoms with E-state index in [9.17, 15) is 4.79 Å². The third-order valence-electron chi connectivity index (χ3n) is 6.75. The smallest absolute Gasteiger partial charge is 0.229 e. The molecule has 0 radical (unpaired) electrons. The van der Waals surface area contributed by atoms with Crippen molar-refractivity contribution in [2.24, 2.45) is 23.5 Å². The first kappa shape index (κ1) is 14.9. The number of nitrogens with two attached hydrogens (primary N) is 1. The van der Waals surface area contributed by atoms with Crippen LogP contribution in [0, 0.1) is 17.8 Å². The van der Waals surface area contributed by atoms with Gasteiger partial charge in [0.2, 0.25) is 11.8 Å². The van der Waals surface area contributed by atoms with Gasteiger partial charge in [-0.15, -0.1) is 0 Å². The van der Waals surface area contributed by atoms with Gasteiger partial charge in [-0.05, 0) is 56.8 Å². The Morgan fingerprint density at radius 2 is 1.96 bits per heavy atom. The highest BCUT2D eigenvalue weighted by molar-refractivity contribution is 5.80. The molecule has 5 atom stereocenters. The molecule has 0 aromatic carbocycles. The van der Waals surface area contributed by atoms with Crippen molar-refractivity contribution in [3.63, 3.8) is 0 Å². The van der Waals surface area contributed by atoms with Crippen LogP contribution in [0.15, 0.2) is 4.52 Å². The van der Waals surface area contributed by atoms with Gasteiger partial charge in [0.1, 0.15) is 0 Å². The number of piperidine rings is 1. The zero-order chi connectivity index (χ0) is 16.3. The summed E-state index contributed by atoms with van der Waals surface area (Å²) >= 11 is 0. The Morgan fingerprint density at radius 1 is 1.12 bits per heavy atom. The molecule has 2 heterocycles. The molecule has 6 nitrogen and oxygen atoms in total. The van der Waals surface area contributed by atoms with E-state index in [1.54, 1.807) is 0 Å². The molecule has 1 saturated heterocycles. The van der Waals surface area contributed by atoms with Gasteiger partial charge in [-0.1, -0.05) is 5.16 Å². The average molecular weight is 330 g/mol. The average Bonchev–Trinajstić information content (AvgIpc) is 3.05. The van der Waals surface area contributed by atoms with Crippen LogP contribution in [-0.4, -0.2) is 40.1 Å². The fourth-order valence-electron chi connectivity index (χ4n) is 5.21. The molecule has 1 aliphatic heterocycles. The van der Waals surface area contributed by atoms with Crippen LogP contribution in [0.1, 0.15) is 68.5 Å². The topological polar surface area (TPSA) is 85.3 Å². The molecule has 6 heteroatoms. The fraction of sp³-hybridized carbons (Fsp3) is 0.833. The monoisotopic (exact) mass is 330 g/mol. The van der Waals surface area contributed by atoms with Crippen molar-refractivity contribution in [3.8, 4) is 0 Å². The molecule has 3 aliphatic carbocycles. The zero-order valence-corrected chi connectivity index (χ0v) is 14.1. The van der Waals surface area contributed by atoms with E-state index < -0.39 is 0 Å². The van der Waals surface area contributed by atoms with Gasteiger partial charge in [0.25, 0.3) is 0 Å². The van der Waals surface area contributed by atoms with Gasteiger partial charge in [-0.2, -0.15) is 4.98 Å². The quantitative estimate of drug-likeness (QED) is 0.916. The van der Waals surface area contributed by atoms with Crippen LogP contribution >= 0.6 is 0 Å². The van der Waals surface area contributed by atoms with Crippen molar-refractivity contribution in [3.05, 3.63) is 11.7 Å². The first-order chi connectivity index (χ1) is 11.7. The number of amides is 1. The maximum Gasteiger partial charge on any atom is 0.229 e. The van der Waals surface area contributed by atoms with Crippen LogP contribution in [0.5, 0.6) is 0 Å². The Kier molecular flexibility index (Phi) is 3.44. The molecule has 24 heavy (non-hydrogen) atoms. The minimum Gasteiger partial charge on any atom is -0.342 e. The van der Waals surface area contributed by atoms with E-state index in [1.807, 2.05) is 4.90 Å². The number of nitrogens with zero attached hydrogens (tertiary/aromatic N) is 3. The SMILES string of the molecule is NC1C2CCC(C2)C1C(=O)N1CCCC(c2noc(C3CC3)n2)C1. The van der Waals surface area contributed by atoms with Crippen molar-refractivity contribution < 1.29 is 9.32 Å². The van der Waals surface area contributed by atoms with Crippen LogP contribution in [0.3, 0.4) is 0 Å². The Bertz CT molecular complexity index is 639. The third kappa shape index (κ3) is 2.38. The summed E-state index contributed by atoms with van der Waals surface area (Å²) in [6.07, 6.45) is 7.94. The molecule has 2 N–H and O–H groups in total. The normalized spacial score (nSPS) is 38.7. The first-order valence-electron chi connectivity index (χ1n) is 9.58. The predicted octanol–water partition coefficient (Wildman–Crippen LogP) is 2.03. The molecule has 0 spiro atoms. The zero-order valence-electron chi connectivity index (χ0n) is 14.1. The van der Waals surface area contributed by atoms with Gasteiger partial charge in [0.05, 0.1) is 5.92 Å². The van der Waals surface area contributed by atoms with Crippen LogP contribution in [0.25, 0.3) is 0 Å². The van der Waals surface area contributed by atoms with E-state index in [0.717, 1.165) is 44.1 Å². The molecule has 1 amide bonds. The summed E-state index contributed by atoms with van der Waals surface area (Å²) in [7, 11) is 0. The number of hydrogen-bond acceptors (Lipinski definition) is 5. The summed E-state index contributed by atoms with van der Waals surface area (Å²) in [5.74, 6) is 3.72. The summed E-state index contributed by atoms with van der Waals surface area (Å²) in [5.41, 5.74) is 6.37. The van der Waals surface area contributed by atoms with E-state index in [-0.39, 0.29) is 23.8 Å². The van der Waals surface area contributed by atoms with Gasteiger partial charge in [-0.25, -0.2) is 0 Å². The van der Waals surface area contributed by atoms with Gasteiger partial charge in [0, 0.05) is 31.0 Å². The summed E-state index contributed by atoms with van der Waals surface area (Å²) in [4.78, 5) is 19.7. The largest absolute Gasteiger partial charge is 0.342 e. The van der Waals surface area contributed by atoms with Crippen molar-refractivity contribution in [1.82, 2.24) is 15.0 Å². The third-order valence-corrected chi connectivity index (χ3v) is 6.75. The first-order valence-corrected chi connectivity index (χ1v) is 9.58. The second-order valence-electron chi connectivity index (χ2n) is 8.32. The Hall–Kier alpha value is -1.43. The molecule has 3 saturated carbocycles. The van der Waals surface area contributed by atoms with Crippen molar-refractivity contribution in [2.45, 2.75) is 62.8 Å². The number of likely N-dealkylation sites (tertiary alicyclic amines) is 1. The Labute approximate surface area is 142 Å². The highest BCUT2D eigenvalue weighted by atomic mass is 16.5. The summed E-state index contributed by atoms with van der Waals surface area (Å²) in [6, 6.07) is 0.0725. The molecule has 1 aromatic heterocycles. The predicted molar refractivity (Wildman–Crippen MR) is 87.1 cm³/mol. The number of fused-ring (bicyclic) bond motifs is 2. The number of rotatable bonds is 3. The van der Waals surface area contributed by atoms with E-state index in [0.29, 0.717) is 17.8 Å². The van der Waals surface area contributed by atoms with Crippen LogP contribution in [0.4, 0.5) is 0 Å². The second kappa shape index (κ2) is 5.55. The molecule has 5 unspecified atom stereocenters. The summed E-state index contributed by atoms with van der Waals surface area (Å²) in [5, 5.41) is 4.20. The number of carbonyl (C=O) groups excluding carboxylic acids is 1. The molecule has 4 fully saturated rings.